The number of nitrogens with zero attached hydrogens (tertiary/aromatic N) is 4. The minimum absolute atomic E-state index is 0.00851. The summed E-state index contributed by atoms with van der Waals surface area (Å²) < 4.78 is 14.6. The number of thiazole rings is 1. The Bertz CT molecular complexity index is 1390. The van der Waals surface area contributed by atoms with Gasteiger partial charge in [0, 0.05) is 25.3 Å². The van der Waals surface area contributed by atoms with Crippen molar-refractivity contribution in [3.63, 3.8) is 0 Å². The topological polar surface area (TPSA) is 48.8 Å². The lowest BCUT2D eigenvalue weighted by Crippen LogP contribution is -2.32. The first-order chi connectivity index (χ1) is 15.9. The van der Waals surface area contributed by atoms with Crippen LogP contribution in [0.4, 0.5) is 15.2 Å². The molecule has 8 heteroatoms. The van der Waals surface area contributed by atoms with Crippen molar-refractivity contribution in [3.8, 4) is 0 Å². The second kappa shape index (κ2) is 8.42. The second-order valence-electron chi connectivity index (χ2n) is 7.69. The highest BCUT2D eigenvalue weighted by molar-refractivity contribution is 7.22. The summed E-state index contributed by atoms with van der Waals surface area (Å²) in [5.74, 6) is -0.343. The molecule has 0 fully saturated rings. The summed E-state index contributed by atoms with van der Waals surface area (Å²) in [6.45, 7) is 0. The molecule has 0 unspecified atom stereocenters. The van der Waals surface area contributed by atoms with E-state index in [2.05, 4.69) is 9.98 Å². The van der Waals surface area contributed by atoms with Crippen molar-refractivity contribution in [1.82, 2.24) is 4.98 Å². The molecule has 1 aromatic heterocycles. The first-order valence-corrected chi connectivity index (χ1v) is 11.3. The molecule has 4 aromatic rings. The van der Waals surface area contributed by atoms with Crippen LogP contribution in [-0.4, -0.2) is 30.8 Å². The number of aliphatic imine (C=N–C) groups is 1. The fourth-order valence-corrected chi connectivity index (χ4v) is 4.64. The van der Waals surface area contributed by atoms with Gasteiger partial charge in [-0.25, -0.2) is 19.3 Å². The van der Waals surface area contributed by atoms with Crippen molar-refractivity contribution in [2.45, 2.75) is 0 Å². The lowest BCUT2D eigenvalue weighted by Gasteiger charge is -2.14. The van der Waals surface area contributed by atoms with E-state index in [1.807, 2.05) is 73.6 Å². The van der Waals surface area contributed by atoms with Crippen molar-refractivity contribution in [2.24, 2.45) is 4.99 Å². The molecule has 0 saturated heterocycles. The number of amidine groups is 1. The molecular formula is C25H18ClFN4OS. The number of hydrogen-bond acceptors (Lipinski definition) is 5. The van der Waals surface area contributed by atoms with E-state index >= 15 is 0 Å². The normalized spacial score (nSPS) is 14.9. The molecule has 0 spiro atoms. The molecule has 0 aliphatic carbocycles. The van der Waals surface area contributed by atoms with E-state index < -0.39 is 5.82 Å². The maximum absolute atomic E-state index is 14.0. The Morgan fingerprint density at radius 1 is 1.06 bits per heavy atom. The van der Waals surface area contributed by atoms with Gasteiger partial charge in [-0.1, -0.05) is 65.4 Å². The number of carbonyl (C=O) groups is 1. The van der Waals surface area contributed by atoms with E-state index in [0.717, 1.165) is 16.8 Å². The summed E-state index contributed by atoms with van der Waals surface area (Å²) >= 11 is 7.14. The van der Waals surface area contributed by atoms with Crippen molar-refractivity contribution < 1.29 is 9.18 Å². The van der Waals surface area contributed by atoms with Gasteiger partial charge < -0.3 is 4.90 Å². The predicted octanol–water partition coefficient (Wildman–Crippen LogP) is 5.99. The van der Waals surface area contributed by atoms with Gasteiger partial charge in [-0.15, -0.1) is 0 Å². The Kier molecular flexibility index (Phi) is 5.44. The first kappa shape index (κ1) is 21.3. The summed E-state index contributed by atoms with van der Waals surface area (Å²) in [7, 11) is 3.94. The lowest BCUT2D eigenvalue weighted by molar-refractivity contribution is -0.113. The highest BCUT2D eigenvalue weighted by atomic mass is 35.5. The molecule has 164 valence electrons. The second-order valence-corrected chi connectivity index (χ2v) is 9.10. The zero-order chi connectivity index (χ0) is 23.1. The monoisotopic (exact) mass is 476 g/mol. The minimum atomic E-state index is -0.522. The van der Waals surface area contributed by atoms with E-state index in [9.17, 15) is 9.18 Å². The van der Waals surface area contributed by atoms with E-state index in [4.69, 9.17) is 11.6 Å². The quantitative estimate of drug-likeness (QED) is 0.340. The van der Waals surface area contributed by atoms with Crippen LogP contribution in [0.1, 0.15) is 11.1 Å². The average molecular weight is 477 g/mol. The van der Waals surface area contributed by atoms with Gasteiger partial charge in [0.1, 0.15) is 17.3 Å². The highest BCUT2D eigenvalue weighted by Crippen LogP contribution is 2.36. The molecule has 5 nitrogen and oxygen atoms in total. The van der Waals surface area contributed by atoms with E-state index in [1.54, 1.807) is 6.08 Å². The van der Waals surface area contributed by atoms with Gasteiger partial charge in [-0.05, 0) is 35.9 Å². The summed E-state index contributed by atoms with van der Waals surface area (Å²) in [5.41, 5.74) is 3.53. The predicted molar refractivity (Wildman–Crippen MR) is 134 cm³/mol. The molecule has 0 bridgehead atoms. The number of carbonyl (C=O) groups excluding carboxylic acids is 1. The Hall–Kier alpha value is -3.55. The average Bonchev–Trinajstić information content (AvgIpc) is 3.35. The van der Waals surface area contributed by atoms with Gasteiger partial charge in [0.15, 0.2) is 5.13 Å². The summed E-state index contributed by atoms with van der Waals surface area (Å²) in [4.78, 5) is 26.2. The highest BCUT2D eigenvalue weighted by Gasteiger charge is 2.34. The number of fused-ring (bicyclic) bond motifs is 1. The summed E-state index contributed by atoms with van der Waals surface area (Å²) in [6, 6.07) is 20.1. The molecule has 1 amide bonds. The fraction of sp³-hybridized carbons (Fsp3) is 0.0800. The van der Waals surface area contributed by atoms with Crippen LogP contribution in [0.15, 0.2) is 77.4 Å². The maximum atomic E-state index is 14.0. The Morgan fingerprint density at radius 3 is 2.48 bits per heavy atom. The number of hydrogen-bond donors (Lipinski definition) is 0. The lowest BCUT2D eigenvalue weighted by atomic mass is 10.1. The fourth-order valence-electron chi connectivity index (χ4n) is 3.51. The van der Waals surface area contributed by atoms with Gasteiger partial charge in [-0.2, -0.15) is 0 Å². The Morgan fingerprint density at radius 2 is 1.79 bits per heavy atom. The van der Waals surface area contributed by atoms with Crippen molar-refractivity contribution in [2.75, 3.05) is 23.9 Å². The van der Waals surface area contributed by atoms with Crippen LogP contribution in [0, 0.1) is 5.82 Å². The van der Waals surface area contributed by atoms with Gasteiger partial charge in [0.05, 0.1) is 15.2 Å². The number of amides is 1. The summed E-state index contributed by atoms with van der Waals surface area (Å²) in [5, 5.41) is 0.399. The van der Waals surface area contributed by atoms with Gasteiger partial charge >= 0.3 is 0 Å². The molecule has 33 heavy (non-hydrogen) atoms. The van der Waals surface area contributed by atoms with Crippen molar-refractivity contribution in [3.05, 3.63) is 94.4 Å². The van der Waals surface area contributed by atoms with E-state index in [1.165, 1.54) is 28.4 Å². The molecular weight excluding hydrogens is 459 g/mol. The summed E-state index contributed by atoms with van der Waals surface area (Å²) in [6.07, 6.45) is 1.76. The van der Waals surface area contributed by atoms with Crippen LogP contribution in [0.25, 0.3) is 16.3 Å². The standard InChI is InChI=1S/C25H18ClFN4OS/c1-30(2)17-10-8-15(9-11-17)12-21-24(32)31(23(28-21)16-6-4-3-5-7-16)25-29-20-13-18(26)19(27)14-22(20)33-25/h3-14H,1-2H3. The molecule has 0 radical (unpaired) electrons. The number of rotatable bonds is 4. The molecule has 5 rings (SSSR count). The third-order valence-corrected chi connectivity index (χ3v) is 6.51. The smallest absolute Gasteiger partial charge is 0.284 e. The zero-order valence-electron chi connectivity index (χ0n) is 17.8. The third kappa shape index (κ3) is 4.01. The number of anilines is 2. The largest absolute Gasteiger partial charge is 0.378 e. The van der Waals surface area contributed by atoms with Crippen molar-refractivity contribution in [1.29, 1.82) is 0 Å². The molecule has 3 aromatic carbocycles. The van der Waals surface area contributed by atoms with E-state index in [-0.39, 0.29) is 10.9 Å². The maximum Gasteiger partial charge on any atom is 0.284 e. The van der Waals surface area contributed by atoms with Crippen LogP contribution >= 0.6 is 22.9 Å². The van der Waals surface area contributed by atoms with Gasteiger partial charge in [-0.3, -0.25) is 4.79 Å². The number of benzene rings is 3. The minimum Gasteiger partial charge on any atom is -0.378 e. The molecule has 0 atom stereocenters. The Balaban J connectivity index is 1.60. The molecule has 2 heterocycles. The third-order valence-electron chi connectivity index (χ3n) is 5.22. The van der Waals surface area contributed by atoms with Gasteiger partial charge in [0.2, 0.25) is 0 Å². The number of halogens is 2. The first-order valence-electron chi connectivity index (χ1n) is 10.1. The van der Waals surface area contributed by atoms with Crippen molar-refractivity contribution >= 4 is 61.8 Å². The van der Waals surface area contributed by atoms with Crippen LogP contribution in [0.5, 0.6) is 0 Å². The van der Waals surface area contributed by atoms with E-state index in [0.29, 0.717) is 26.9 Å². The van der Waals surface area contributed by atoms with Gasteiger partial charge in [0.25, 0.3) is 5.91 Å². The van der Waals surface area contributed by atoms with Crippen LogP contribution in [0.3, 0.4) is 0 Å². The van der Waals surface area contributed by atoms with Crippen LogP contribution < -0.4 is 9.80 Å². The zero-order valence-corrected chi connectivity index (χ0v) is 19.4. The van der Waals surface area contributed by atoms with Crippen LogP contribution in [-0.2, 0) is 4.79 Å². The van der Waals surface area contributed by atoms with Crippen LogP contribution in [0.2, 0.25) is 5.02 Å². The molecule has 1 aliphatic heterocycles. The molecule has 0 N–H and O–H groups in total. The molecule has 0 saturated carbocycles. The number of aromatic nitrogens is 1. The SMILES string of the molecule is CN(C)c1ccc(C=C2N=C(c3ccccc3)N(c3nc4cc(Cl)c(F)cc4s3)C2=O)cc1. The molecule has 1 aliphatic rings. The Labute approximate surface area is 199 Å².